The van der Waals surface area contributed by atoms with Gasteiger partial charge in [0.05, 0.1) is 13.2 Å². The van der Waals surface area contributed by atoms with Crippen LogP contribution in [0.25, 0.3) is 0 Å². The van der Waals surface area contributed by atoms with E-state index >= 15 is 0 Å². The number of nitrogen functional groups attached to an aromatic ring is 1. The first-order valence-electron chi connectivity index (χ1n) is 6.25. The molecule has 9 heteroatoms. The highest BCUT2D eigenvalue weighted by molar-refractivity contribution is 5.44. The molecule has 1 aromatic rings. The van der Waals surface area contributed by atoms with Gasteiger partial charge in [-0.15, -0.1) is 0 Å². The predicted octanol–water partition coefficient (Wildman–Crippen LogP) is -0.678. The molecule has 20 heavy (non-hydrogen) atoms. The molecular formula is C11H23N7O2. The normalized spacial score (nSPS) is 10.4. The Bertz CT molecular complexity index is 394. The van der Waals surface area contributed by atoms with Crippen LogP contribution in [-0.2, 0) is 9.47 Å². The van der Waals surface area contributed by atoms with E-state index in [2.05, 4.69) is 20.4 Å². The zero-order valence-electron chi connectivity index (χ0n) is 12.5. The van der Waals surface area contributed by atoms with Gasteiger partial charge in [0.25, 0.3) is 0 Å². The van der Waals surface area contributed by atoms with Gasteiger partial charge in [-0.1, -0.05) is 0 Å². The topological polar surface area (TPSA) is 102 Å². The van der Waals surface area contributed by atoms with Gasteiger partial charge in [0.1, 0.15) is 0 Å². The maximum absolute atomic E-state index is 5.40. The fourth-order valence-corrected chi connectivity index (χ4v) is 1.47. The van der Waals surface area contributed by atoms with Crippen molar-refractivity contribution in [3.05, 3.63) is 0 Å². The van der Waals surface area contributed by atoms with Gasteiger partial charge in [0, 0.05) is 41.4 Å². The van der Waals surface area contributed by atoms with Crippen LogP contribution in [0.5, 0.6) is 0 Å². The molecule has 0 amide bonds. The summed E-state index contributed by atoms with van der Waals surface area (Å²) in [5, 5.41) is 0. The predicted molar refractivity (Wildman–Crippen MR) is 77.9 cm³/mol. The molecule has 0 saturated carbocycles. The van der Waals surface area contributed by atoms with E-state index in [4.69, 9.17) is 15.3 Å². The highest BCUT2D eigenvalue weighted by Crippen LogP contribution is 2.14. The third-order valence-electron chi connectivity index (χ3n) is 2.55. The molecular weight excluding hydrogens is 262 g/mol. The molecule has 0 aliphatic heterocycles. The van der Waals surface area contributed by atoms with Crippen LogP contribution >= 0.6 is 0 Å². The number of ether oxygens (including phenoxy) is 2. The van der Waals surface area contributed by atoms with Crippen LogP contribution < -0.4 is 21.1 Å². The Labute approximate surface area is 119 Å². The third kappa shape index (κ3) is 4.76. The van der Waals surface area contributed by atoms with Crippen molar-refractivity contribution in [2.75, 3.05) is 69.8 Å². The van der Waals surface area contributed by atoms with Crippen molar-refractivity contribution in [1.29, 1.82) is 0 Å². The first kappa shape index (κ1) is 16.3. The average molecular weight is 285 g/mol. The average Bonchev–Trinajstić information content (AvgIpc) is 2.46. The number of methoxy groups -OCH3 is 2. The summed E-state index contributed by atoms with van der Waals surface area (Å²) in [4.78, 5) is 16.6. The number of nitrogens with one attached hydrogen (secondary N) is 1. The molecule has 0 bridgehead atoms. The number of hydrogen-bond acceptors (Lipinski definition) is 9. The van der Waals surface area contributed by atoms with Gasteiger partial charge in [-0.05, 0) is 0 Å². The Hall–Kier alpha value is -1.71. The Morgan fingerprint density at radius 1 is 1.00 bits per heavy atom. The van der Waals surface area contributed by atoms with Crippen LogP contribution in [0.4, 0.5) is 17.8 Å². The van der Waals surface area contributed by atoms with Gasteiger partial charge in [-0.2, -0.15) is 15.0 Å². The van der Waals surface area contributed by atoms with E-state index < -0.39 is 0 Å². The van der Waals surface area contributed by atoms with Crippen molar-refractivity contribution in [3.63, 3.8) is 0 Å². The fraction of sp³-hybridized carbons (Fsp3) is 0.727. The summed E-state index contributed by atoms with van der Waals surface area (Å²) in [7, 11) is 7.02. The van der Waals surface area contributed by atoms with Gasteiger partial charge in [0.15, 0.2) is 0 Å². The molecule has 0 radical (unpaired) electrons. The molecule has 0 fully saturated rings. The number of rotatable bonds is 9. The third-order valence-corrected chi connectivity index (χ3v) is 2.55. The molecule has 0 spiro atoms. The van der Waals surface area contributed by atoms with Crippen molar-refractivity contribution >= 4 is 17.8 Å². The van der Waals surface area contributed by atoms with Gasteiger partial charge in [-0.25, -0.2) is 5.84 Å². The molecule has 0 saturated heterocycles. The minimum absolute atomic E-state index is 0.318. The molecule has 3 N–H and O–H groups in total. The molecule has 0 aliphatic carbocycles. The number of hydrazine groups is 1. The van der Waals surface area contributed by atoms with Crippen LogP contribution in [0.2, 0.25) is 0 Å². The lowest BCUT2D eigenvalue weighted by Crippen LogP contribution is -2.33. The summed E-state index contributed by atoms with van der Waals surface area (Å²) in [5.74, 6) is 6.78. The Balaban J connectivity index is 2.99. The van der Waals surface area contributed by atoms with Crippen molar-refractivity contribution in [3.8, 4) is 0 Å². The maximum atomic E-state index is 5.40. The maximum Gasteiger partial charge on any atom is 0.243 e. The van der Waals surface area contributed by atoms with Crippen LogP contribution in [-0.4, -0.2) is 69.6 Å². The monoisotopic (exact) mass is 285 g/mol. The Morgan fingerprint density at radius 3 is 2.00 bits per heavy atom. The van der Waals surface area contributed by atoms with E-state index in [1.54, 1.807) is 19.1 Å². The largest absolute Gasteiger partial charge is 0.383 e. The van der Waals surface area contributed by atoms with Crippen LogP contribution in [0.1, 0.15) is 0 Å². The number of aromatic nitrogens is 3. The van der Waals surface area contributed by atoms with Crippen molar-refractivity contribution in [2.45, 2.75) is 0 Å². The second-order valence-corrected chi connectivity index (χ2v) is 4.27. The summed E-state index contributed by atoms with van der Waals surface area (Å²) in [6.07, 6.45) is 0. The van der Waals surface area contributed by atoms with E-state index in [0.717, 1.165) is 0 Å². The van der Waals surface area contributed by atoms with E-state index in [1.165, 1.54) is 0 Å². The lowest BCUT2D eigenvalue weighted by Gasteiger charge is -2.23. The molecule has 0 unspecified atom stereocenters. The number of nitrogens with zero attached hydrogens (tertiary/aromatic N) is 5. The summed E-state index contributed by atoms with van der Waals surface area (Å²) in [5.41, 5.74) is 2.45. The van der Waals surface area contributed by atoms with Crippen LogP contribution in [0, 0.1) is 0 Å². The summed E-state index contributed by atoms with van der Waals surface area (Å²) >= 11 is 0. The lowest BCUT2D eigenvalue weighted by atomic mass is 10.5. The zero-order chi connectivity index (χ0) is 15.0. The van der Waals surface area contributed by atoms with Crippen LogP contribution in [0.15, 0.2) is 0 Å². The van der Waals surface area contributed by atoms with Crippen molar-refractivity contribution < 1.29 is 9.47 Å². The van der Waals surface area contributed by atoms with Gasteiger partial charge >= 0.3 is 0 Å². The number of nitrogens with two attached hydrogens (primary N) is 1. The molecule has 114 valence electrons. The highest BCUT2D eigenvalue weighted by Gasteiger charge is 2.14. The first-order valence-corrected chi connectivity index (χ1v) is 6.25. The van der Waals surface area contributed by atoms with Crippen molar-refractivity contribution in [2.24, 2.45) is 5.84 Å². The van der Waals surface area contributed by atoms with Crippen molar-refractivity contribution in [1.82, 2.24) is 15.0 Å². The van der Waals surface area contributed by atoms with Gasteiger partial charge in [-0.3, -0.25) is 5.43 Å². The number of anilines is 3. The highest BCUT2D eigenvalue weighted by atomic mass is 16.5. The molecule has 0 atom stereocenters. The molecule has 1 heterocycles. The lowest BCUT2D eigenvalue weighted by molar-refractivity contribution is 0.189. The van der Waals surface area contributed by atoms with E-state index in [-0.39, 0.29) is 0 Å². The molecule has 1 rings (SSSR count). The Morgan fingerprint density at radius 2 is 1.55 bits per heavy atom. The van der Waals surface area contributed by atoms with Crippen LogP contribution in [0.3, 0.4) is 0 Å². The second-order valence-electron chi connectivity index (χ2n) is 4.27. The van der Waals surface area contributed by atoms with Gasteiger partial charge in [0.2, 0.25) is 17.8 Å². The summed E-state index contributed by atoms with van der Waals surface area (Å²) < 4.78 is 10.2. The minimum atomic E-state index is 0.318. The first-order chi connectivity index (χ1) is 9.62. The summed E-state index contributed by atoms with van der Waals surface area (Å²) in [6, 6.07) is 0. The van der Waals surface area contributed by atoms with E-state index in [0.29, 0.717) is 44.1 Å². The molecule has 1 aromatic heterocycles. The standard InChI is InChI=1S/C11H23N7O2/c1-17(2)10-13-9(16-12)14-11(15-10)18(5-7-19-3)6-8-20-4/h5-8,12H2,1-4H3,(H,13,14,15,16). The van der Waals surface area contributed by atoms with Gasteiger partial charge < -0.3 is 19.3 Å². The smallest absolute Gasteiger partial charge is 0.243 e. The molecule has 0 aromatic carbocycles. The minimum Gasteiger partial charge on any atom is -0.383 e. The van der Waals surface area contributed by atoms with E-state index in [9.17, 15) is 0 Å². The number of hydrogen-bond donors (Lipinski definition) is 2. The Kier molecular flexibility index (Phi) is 6.91. The quantitative estimate of drug-likeness (QED) is 0.451. The SMILES string of the molecule is COCCN(CCOC)c1nc(NN)nc(N(C)C)n1. The molecule has 0 aliphatic rings. The zero-order valence-corrected chi connectivity index (χ0v) is 12.5. The van der Waals surface area contributed by atoms with E-state index in [1.807, 2.05) is 19.0 Å². The summed E-state index contributed by atoms with van der Waals surface area (Å²) in [6.45, 7) is 2.44. The fourth-order valence-electron chi connectivity index (χ4n) is 1.47. The second kappa shape index (κ2) is 8.46. The molecule has 9 nitrogen and oxygen atoms in total.